The van der Waals surface area contributed by atoms with Gasteiger partial charge in [0.25, 0.3) is 0 Å². The van der Waals surface area contributed by atoms with Gasteiger partial charge in [-0.3, -0.25) is 4.99 Å². The van der Waals surface area contributed by atoms with Gasteiger partial charge in [-0.15, -0.1) is 0 Å². The Balaban J connectivity index is 1.88. The molecule has 6 heteroatoms. The Kier molecular flexibility index (Phi) is 7.74. The van der Waals surface area contributed by atoms with Crippen molar-refractivity contribution in [3.63, 3.8) is 0 Å². The summed E-state index contributed by atoms with van der Waals surface area (Å²) in [4.78, 5) is 4.52. The number of phenols is 1. The van der Waals surface area contributed by atoms with Crippen LogP contribution in [0.25, 0.3) is 0 Å². The Bertz CT molecular complexity index is 735. The summed E-state index contributed by atoms with van der Waals surface area (Å²) in [6, 6.07) is 12.0. The van der Waals surface area contributed by atoms with Gasteiger partial charge in [-0.05, 0) is 49.1 Å². The maximum atomic E-state index is 13.2. The van der Waals surface area contributed by atoms with Gasteiger partial charge in [-0.1, -0.05) is 24.3 Å². The van der Waals surface area contributed by atoms with Crippen LogP contribution in [-0.4, -0.2) is 37.8 Å². The van der Waals surface area contributed by atoms with Crippen molar-refractivity contribution in [2.45, 2.75) is 19.8 Å². The number of para-hydroxylation sites is 1. The van der Waals surface area contributed by atoms with E-state index in [4.69, 9.17) is 4.74 Å². The Morgan fingerprint density at radius 1 is 1.15 bits per heavy atom. The van der Waals surface area contributed by atoms with Crippen molar-refractivity contribution in [2.75, 3.05) is 26.7 Å². The van der Waals surface area contributed by atoms with Crippen LogP contribution in [-0.2, 0) is 12.8 Å². The summed E-state index contributed by atoms with van der Waals surface area (Å²) in [5.74, 6) is 1.10. The number of nitrogens with one attached hydrogen (secondary N) is 2. The van der Waals surface area contributed by atoms with Gasteiger partial charge < -0.3 is 20.5 Å². The Labute approximate surface area is 153 Å². The van der Waals surface area contributed by atoms with Crippen LogP contribution < -0.4 is 15.4 Å². The van der Waals surface area contributed by atoms with E-state index in [1.165, 1.54) is 19.2 Å². The van der Waals surface area contributed by atoms with Gasteiger partial charge in [0.1, 0.15) is 5.82 Å². The van der Waals surface area contributed by atoms with Crippen molar-refractivity contribution in [1.29, 1.82) is 0 Å². The standard InChI is InChI=1S/C20H26FN3O2/c1-3-22-20(23-12-10-15-6-4-8-17(21)14-15)24-13-11-16-7-5-9-18(26-2)19(16)25/h4-9,14,25H,3,10-13H2,1-2H3,(H2,22,23,24). The van der Waals surface area contributed by atoms with E-state index in [0.29, 0.717) is 37.6 Å². The van der Waals surface area contributed by atoms with Crippen LogP contribution in [0, 0.1) is 5.82 Å². The monoisotopic (exact) mass is 359 g/mol. The number of hydrogen-bond donors (Lipinski definition) is 3. The summed E-state index contributed by atoms with van der Waals surface area (Å²) in [6.45, 7) is 3.92. The third kappa shape index (κ3) is 5.95. The summed E-state index contributed by atoms with van der Waals surface area (Å²) in [6.07, 6.45) is 1.31. The van der Waals surface area contributed by atoms with Gasteiger partial charge in [0.05, 0.1) is 7.11 Å². The van der Waals surface area contributed by atoms with Gasteiger partial charge >= 0.3 is 0 Å². The Morgan fingerprint density at radius 2 is 1.96 bits per heavy atom. The molecule has 0 amide bonds. The minimum Gasteiger partial charge on any atom is -0.504 e. The molecule has 0 bridgehead atoms. The molecular formula is C20H26FN3O2. The number of phenolic OH excluding ortho intramolecular Hbond substituents is 1. The first-order chi connectivity index (χ1) is 12.6. The van der Waals surface area contributed by atoms with Crippen molar-refractivity contribution < 1.29 is 14.2 Å². The van der Waals surface area contributed by atoms with Crippen molar-refractivity contribution in [1.82, 2.24) is 10.6 Å². The quantitative estimate of drug-likeness (QED) is 0.501. The lowest BCUT2D eigenvalue weighted by Crippen LogP contribution is -2.38. The van der Waals surface area contributed by atoms with E-state index < -0.39 is 0 Å². The molecule has 26 heavy (non-hydrogen) atoms. The first-order valence-electron chi connectivity index (χ1n) is 8.75. The molecule has 0 heterocycles. The molecule has 0 saturated carbocycles. The first-order valence-corrected chi connectivity index (χ1v) is 8.75. The maximum Gasteiger partial charge on any atom is 0.191 e. The number of rotatable bonds is 8. The maximum absolute atomic E-state index is 13.2. The Morgan fingerprint density at radius 3 is 2.69 bits per heavy atom. The number of hydrogen-bond acceptors (Lipinski definition) is 3. The first kappa shape index (κ1) is 19.6. The van der Waals surface area contributed by atoms with Gasteiger partial charge in [0.15, 0.2) is 17.5 Å². The van der Waals surface area contributed by atoms with Crippen LogP contribution >= 0.6 is 0 Å². The summed E-state index contributed by atoms with van der Waals surface area (Å²) in [5.41, 5.74) is 1.73. The van der Waals surface area contributed by atoms with Crippen LogP contribution in [0.2, 0.25) is 0 Å². The van der Waals surface area contributed by atoms with E-state index in [1.807, 2.05) is 25.1 Å². The predicted molar refractivity (Wildman–Crippen MR) is 102 cm³/mol. The number of methoxy groups -OCH3 is 1. The van der Waals surface area contributed by atoms with E-state index >= 15 is 0 Å². The highest BCUT2D eigenvalue weighted by atomic mass is 19.1. The molecule has 0 atom stereocenters. The molecule has 3 N–H and O–H groups in total. The number of aromatic hydroxyl groups is 1. The normalized spacial score (nSPS) is 11.3. The van der Waals surface area contributed by atoms with Crippen LogP contribution in [0.5, 0.6) is 11.5 Å². The molecule has 0 unspecified atom stereocenters. The van der Waals surface area contributed by atoms with Crippen LogP contribution in [0.1, 0.15) is 18.1 Å². The number of ether oxygens (including phenoxy) is 1. The summed E-state index contributed by atoms with van der Waals surface area (Å²) in [5, 5.41) is 16.5. The molecule has 0 aliphatic rings. The molecule has 2 aromatic carbocycles. The van der Waals surface area contributed by atoms with E-state index in [9.17, 15) is 9.50 Å². The minimum atomic E-state index is -0.221. The minimum absolute atomic E-state index is 0.161. The largest absolute Gasteiger partial charge is 0.504 e. The van der Waals surface area contributed by atoms with Crippen molar-refractivity contribution in [2.24, 2.45) is 4.99 Å². The summed E-state index contributed by atoms with van der Waals surface area (Å²) < 4.78 is 18.3. The molecule has 2 aromatic rings. The second-order valence-electron chi connectivity index (χ2n) is 5.79. The van der Waals surface area contributed by atoms with Gasteiger partial charge in [0, 0.05) is 19.6 Å². The van der Waals surface area contributed by atoms with Crippen molar-refractivity contribution >= 4 is 5.96 Å². The number of halogens is 1. The fraction of sp³-hybridized carbons (Fsp3) is 0.350. The van der Waals surface area contributed by atoms with E-state index in [-0.39, 0.29) is 11.6 Å². The Hall–Kier alpha value is -2.76. The van der Waals surface area contributed by atoms with Crippen LogP contribution in [0.4, 0.5) is 4.39 Å². The third-order valence-corrected chi connectivity index (χ3v) is 3.89. The highest BCUT2D eigenvalue weighted by Crippen LogP contribution is 2.29. The lowest BCUT2D eigenvalue weighted by molar-refractivity contribution is 0.370. The fourth-order valence-corrected chi connectivity index (χ4v) is 2.58. The SMILES string of the molecule is CCNC(=NCCc1cccc(OC)c1O)NCCc1cccc(F)c1. The molecule has 0 fully saturated rings. The highest BCUT2D eigenvalue weighted by Gasteiger charge is 2.07. The lowest BCUT2D eigenvalue weighted by atomic mass is 10.1. The molecule has 0 spiro atoms. The third-order valence-electron chi connectivity index (χ3n) is 3.89. The predicted octanol–water partition coefficient (Wildman–Crippen LogP) is 2.88. The average Bonchev–Trinajstić information content (AvgIpc) is 2.63. The molecule has 2 rings (SSSR count). The zero-order valence-electron chi connectivity index (χ0n) is 15.3. The molecule has 5 nitrogen and oxygen atoms in total. The van der Waals surface area contributed by atoms with Crippen molar-refractivity contribution in [3.05, 3.63) is 59.4 Å². The second-order valence-corrected chi connectivity index (χ2v) is 5.79. The molecule has 0 aliphatic carbocycles. The smallest absolute Gasteiger partial charge is 0.191 e. The average molecular weight is 359 g/mol. The molecule has 0 radical (unpaired) electrons. The van der Waals surface area contributed by atoms with Gasteiger partial charge in [0.2, 0.25) is 0 Å². The second kappa shape index (κ2) is 10.3. The van der Waals surface area contributed by atoms with E-state index in [1.54, 1.807) is 12.1 Å². The zero-order valence-corrected chi connectivity index (χ0v) is 15.3. The molecule has 140 valence electrons. The lowest BCUT2D eigenvalue weighted by Gasteiger charge is -2.12. The zero-order chi connectivity index (χ0) is 18.8. The van der Waals surface area contributed by atoms with E-state index in [0.717, 1.165) is 17.7 Å². The topological polar surface area (TPSA) is 65.9 Å². The summed E-state index contributed by atoms with van der Waals surface area (Å²) in [7, 11) is 1.53. The van der Waals surface area contributed by atoms with Crippen LogP contribution in [0.3, 0.4) is 0 Å². The van der Waals surface area contributed by atoms with Gasteiger partial charge in [-0.2, -0.15) is 0 Å². The molecular weight excluding hydrogens is 333 g/mol. The molecule has 0 saturated heterocycles. The van der Waals surface area contributed by atoms with Crippen molar-refractivity contribution in [3.8, 4) is 11.5 Å². The molecule has 0 aliphatic heterocycles. The van der Waals surface area contributed by atoms with Crippen LogP contribution in [0.15, 0.2) is 47.5 Å². The number of aliphatic imine (C=N–C) groups is 1. The highest BCUT2D eigenvalue weighted by molar-refractivity contribution is 5.79. The fourth-order valence-electron chi connectivity index (χ4n) is 2.58. The van der Waals surface area contributed by atoms with E-state index in [2.05, 4.69) is 15.6 Å². The summed E-state index contributed by atoms with van der Waals surface area (Å²) >= 11 is 0. The van der Waals surface area contributed by atoms with Gasteiger partial charge in [-0.25, -0.2) is 4.39 Å². The number of benzene rings is 2. The number of guanidine groups is 1. The molecule has 0 aromatic heterocycles. The number of nitrogens with zero attached hydrogens (tertiary/aromatic N) is 1.